The molecule has 1 N–H and O–H groups in total. The van der Waals surface area contributed by atoms with Crippen molar-refractivity contribution in [2.45, 2.75) is 30.9 Å². The number of hydrogen-bond donors (Lipinski definition) is 1. The maximum atomic E-state index is 13.7. The minimum Gasteiger partial charge on any atom is -0.478 e. The second-order valence-corrected chi connectivity index (χ2v) is 8.51. The first-order valence-electron chi connectivity index (χ1n) is 10.6. The molecule has 3 aromatic rings. The van der Waals surface area contributed by atoms with Gasteiger partial charge in [0.2, 0.25) is 6.79 Å². The third-order valence-corrected chi connectivity index (χ3v) is 6.38. The van der Waals surface area contributed by atoms with Gasteiger partial charge in [-0.1, -0.05) is 30.3 Å². The lowest BCUT2D eigenvalue weighted by atomic mass is 9.86. The van der Waals surface area contributed by atoms with Crippen LogP contribution in [0.2, 0.25) is 0 Å². The van der Waals surface area contributed by atoms with Gasteiger partial charge in [0, 0.05) is 6.42 Å². The lowest BCUT2D eigenvalue weighted by molar-refractivity contribution is -0.137. The van der Waals surface area contributed by atoms with E-state index in [1.807, 2.05) is 6.07 Å². The van der Waals surface area contributed by atoms with Crippen molar-refractivity contribution < 1.29 is 37.3 Å². The predicted octanol–water partition coefficient (Wildman–Crippen LogP) is 5.64. The number of rotatable bonds is 6. The van der Waals surface area contributed by atoms with Crippen LogP contribution in [0.25, 0.3) is 11.1 Å². The van der Waals surface area contributed by atoms with Crippen molar-refractivity contribution in [3.63, 3.8) is 0 Å². The van der Waals surface area contributed by atoms with Crippen LogP contribution in [0.4, 0.5) is 13.2 Å². The summed E-state index contributed by atoms with van der Waals surface area (Å²) in [6.45, 7) is 0.122. The highest BCUT2D eigenvalue weighted by atomic mass is 19.4. The molecular weight excluding hydrogens is 449 g/mol. The number of carbonyl (C=O) groups excluding carboxylic acids is 1. The fourth-order valence-corrected chi connectivity index (χ4v) is 4.41. The molecule has 0 amide bonds. The van der Waals surface area contributed by atoms with Crippen LogP contribution in [0.1, 0.15) is 39.9 Å². The smallest absolute Gasteiger partial charge is 0.417 e. The average Bonchev–Trinajstić information content (AvgIpc) is 3.49. The van der Waals surface area contributed by atoms with Crippen LogP contribution < -0.4 is 9.47 Å². The van der Waals surface area contributed by atoms with Gasteiger partial charge in [-0.3, -0.25) is 4.79 Å². The van der Waals surface area contributed by atoms with Gasteiger partial charge < -0.3 is 14.6 Å². The molecule has 0 saturated heterocycles. The van der Waals surface area contributed by atoms with Crippen molar-refractivity contribution in [2.24, 2.45) is 0 Å². The van der Waals surface area contributed by atoms with Crippen LogP contribution in [0.15, 0.2) is 60.7 Å². The molecule has 0 radical (unpaired) electrons. The second-order valence-electron chi connectivity index (χ2n) is 8.51. The zero-order chi connectivity index (χ0) is 24.1. The van der Waals surface area contributed by atoms with Crippen LogP contribution in [0.5, 0.6) is 11.5 Å². The molecule has 1 aliphatic carbocycles. The minimum absolute atomic E-state index is 0.0435. The summed E-state index contributed by atoms with van der Waals surface area (Å²) >= 11 is 0. The maximum Gasteiger partial charge on any atom is 0.417 e. The van der Waals surface area contributed by atoms with Crippen molar-refractivity contribution in [3.05, 3.63) is 82.9 Å². The summed E-state index contributed by atoms with van der Waals surface area (Å²) in [6, 6.07) is 14.3. The van der Waals surface area contributed by atoms with Crippen molar-refractivity contribution in [1.29, 1.82) is 0 Å². The third kappa shape index (κ3) is 3.89. The largest absolute Gasteiger partial charge is 0.478 e. The number of aromatic carboxylic acids is 1. The molecule has 0 bridgehead atoms. The molecule has 34 heavy (non-hydrogen) atoms. The molecule has 174 valence electrons. The van der Waals surface area contributed by atoms with Crippen LogP contribution in [-0.4, -0.2) is 23.7 Å². The van der Waals surface area contributed by atoms with Gasteiger partial charge in [0.1, 0.15) is 5.78 Å². The molecule has 5 nitrogen and oxygen atoms in total. The quantitative estimate of drug-likeness (QED) is 0.507. The summed E-state index contributed by atoms with van der Waals surface area (Å²) in [6.07, 6.45) is -3.38. The number of hydrogen-bond acceptors (Lipinski definition) is 4. The fraction of sp³-hybridized carbons (Fsp3) is 0.231. The van der Waals surface area contributed by atoms with Gasteiger partial charge >= 0.3 is 12.1 Å². The van der Waals surface area contributed by atoms with Crippen LogP contribution in [0, 0.1) is 0 Å². The number of halogens is 3. The lowest BCUT2D eigenvalue weighted by Crippen LogP contribution is -2.22. The molecule has 1 heterocycles. The molecule has 2 aliphatic rings. The topological polar surface area (TPSA) is 72.8 Å². The minimum atomic E-state index is -4.64. The van der Waals surface area contributed by atoms with Crippen molar-refractivity contribution in [2.75, 3.05) is 6.79 Å². The maximum absolute atomic E-state index is 13.7. The molecule has 0 unspecified atom stereocenters. The van der Waals surface area contributed by atoms with E-state index in [0.29, 0.717) is 29.9 Å². The highest BCUT2D eigenvalue weighted by Gasteiger charge is 2.50. The summed E-state index contributed by atoms with van der Waals surface area (Å²) in [7, 11) is 0. The van der Waals surface area contributed by atoms with Crippen molar-refractivity contribution in [1.82, 2.24) is 0 Å². The van der Waals surface area contributed by atoms with E-state index in [2.05, 4.69) is 0 Å². The predicted molar refractivity (Wildman–Crippen MR) is 116 cm³/mol. The number of fused-ring (bicyclic) bond motifs is 1. The Labute approximate surface area is 192 Å². The number of carboxylic acid groups (broad SMARTS) is 1. The summed E-state index contributed by atoms with van der Waals surface area (Å²) in [5.74, 6) is -0.132. The molecule has 0 atom stereocenters. The first kappa shape index (κ1) is 22.0. The van der Waals surface area contributed by atoms with Crippen LogP contribution in [-0.2, 0) is 22.8 Å². The molecule has 1 saturated carbocycles. The van der Waals surface area contributed by atoms with Gasteiger partial charge in [0.25, 0.3) is 0 Å². The molecule has 3 aromatic carbocycles. The van der Waals surface area contributed by atoms with Crippen LogP contribution in [0.3, 0.4) is 0 Å². The Hall–Kier alpha value is -3.81. The van der Waals surface area contributed by atoms with E-state index >= 15 is 0 Å². The number of alkyl halides is 3. The van der Waals surface area contributed by atoms with Gasteiger partial charge in [0.15, 0.2) is 11.5 Å². The summed E-state index contributed by atoms with van der Waals surface area (Å²) in [5.41, 5.74) is -0.487. The van der Waals surface area contributed by atoms with Crippen molar-refractivity contribution >= 4 is 11.8 Å². The Bertz CT molecular complexity index is 1310. The van der Waals surface area contributed by atoms with E-state index < -0.39 is 23.1 Å². The first-order chi connectivity index (χ1) is 16.2. The SMILES string of the molecule is O=C(O)c1cccc(-c2cc(CC(=O)C3(c4ccc5c(c4)OCO5)CC3)ccc2C(F)(F)F)c1. The zero-order valence-electron chi connectivity index (χ0n) is 17.8. The average molecular weight is 468 g/mol. The zero-order valence-corrected chi connectivity index (χ0v) is 17.8. The number of Topliss-reactive ketones (excluding diaryl/α,β-unsaturated/α-hetero) is 1. The second kappa shape index (κ2) is 7.90. The Morgan fingerprint density at radius 2 is 1.71 bits per heavy atom. The molecule has 1 aliphatic heterocycles. The highest BCUT2D eigenvalue weighted by Crippen LogP contribution is 2.51. The van der Waals surface area contributed by atoms with Crippen LogP contribution >= 0.6 is 0 Å². The standard InChI is InChI=1S/C26H19F3O5/c27-26(28,29)20-6-4-15(10-19(20)16-2-1-3-17(12-16)24(31)32)11-23(30)25(8-9-25)18-5-7-21-22(13-18)34-14-33-21/h1-7,10,12-13H,8-9,11,14H2,(H,31,32). The lowest BCUT2D eigenvalue weighted by Gasteiger charge is -2.18. The Morgan fingerprint density at radius 3 is 2.41 bits per heavy atom. The molecule has 8 heteroatoms. The summed E-state index contributed by atoms with van der Waals surface area (Å²) in [5, 5.41) is 9.24. The van der Waals surface area contributed by atoms with Gasteiger partial charge in [-0.15, -0.1) is 0 Å². The van der Waals surface area contributed by atoms with Gasteiger partial charge in [-0.25, -0.2) is 4.79 Å². The van der Waals surface area contributed by atoms with Gasteiger partial charge in [0.05, 0.1) is 16.5 Å². The monoisotopic (exact) mass is 468 g/mol. The fourth-order valence-electron chi connectivity index (χ4n) is 4.41. The number of carboxylic acids is 1. The van der Waals surface area contributed by atoms with E-state index in [9.17, 15) is 27.9 Å². The first-order valence-corrected chi connectivity index (χ1v) is 10.6. The van der Waals surface area contributed by atoms with Crippen molar-refractivity contribution in [3.8, 4) is 22.6 Å². The van der Waals surface area contributed by atoms with E-state index in [0.717, 1.165) is 11.6 Å². The molecule has 0 spiro atoms. The van der Waals surface area contributed by atoms with Gasteiger partial charge in [-0.2, -0.15) is 13.2 Å². The molecule has 1 fully saturated rings. The highest BCUT2D eigenvalue weighted by molar-refractivity contribution is 5.95. The third-order valence-electron chi connectivity index (χ3n) is 6.38. The number of ketones is 1. The van der Waals surface area contributed by atoms with E-state index in [1.165, 1.54) is 36.4 Å². The normalized spacial score (nSPS) is 15.7. The summed E-state index contributed by atoms with van der Waals surface area (Å²) in [4.78, 5) is 24.6. The molecule has 5 rings (SSSR count). The number of ether oxygens (including phenoxy) is 2. The Kier molecular flexibility index (Phi) is 5.11. The molecule has 0 aromatic heterocycles. The van der Waals surface area contributed by atoms with E-state index in [1.54, 1.807) is 12.1 Å². The van der Waals surface area contributed by atoms with Gasteiger partial charge in [-0.05, 0) is 65.4 Å². The van der Waals surface area contributed by atoms with E-state index in [4.69, 9.17) is 9.47 Å². The Balaban J connectivity index is 1.48. The molecular formula is C26H19F3O5. The number of benzene rings is 3. The number of carbonyl (C=O) groups is 2. The summed E-state index contributed by atoms with van der Waals surface area (Å²) < 4.78 is 51.9. The van der Waals surface area contributed by atoms with E-state index in [-0.39, 0.29) is 35.7 Å². The Morgan fingerprint density at radius 1 is 0.941 bits per heavy atom.